The molecule has 2 aliphatic heterocycles. The Labute approximate surface area is 258 Å². The molecule has 0 aliphatic carbocycles. The number of hydrogen-bond donors (Lipinski definition) is 0. The second-order valence-electron chi connectivity index (χ2n) is 9.90. The van der Waals surface area contributed by atoms with Gasteiger partial charge in [0.25, 0.3) is 0 Å². The van der Waals surface area contributed by atoms with Crippen LogP contribution in [0.3, 0.4) is 0 Å². The first-order chi connectivity index (χ1) is 21.0. The third-order valence-electron chi connectivity index (χ3n) is 6.12. The molecule has 10 atom stereocenters. The lowest BCUT2D eigenvalue weighted by molar-refractivity contribution is -0.366. The average molecular weight is 651 g/mol. The summed E-state index contributed by atoms with van der Waals surface area (Å²) in [5, 5.41) is 0. The molecule has 0 bridgehead atoms. The highest BCUT2D eigenvalue weighted by molar-refractivity contribution is 5.69. The second kappa shape index (κ2) is 17.0. The maximum absolute atomic E-state index is 12.2. The molecule has 18 nitrogen and oxygen atoms in total. The topological polar surface area (TPSA) is 221 Å². The van der Waals surface area contributed by atoms with Crippen LogP contribution in [0.5, 0.6) is 0 Å². The van der Waals surface area contributed by atoms with E-state index in [1.807, 2.05) is 0 Å². The molecule has 254 valence electrons. The van der Waals surface area contributed by atoms with Gasteiger partial charge >= 0.3 is 41.8 Å². The highest BCUT2D eigenvalue weighted by Gasteiger charge is 2.57. The molecule has 45 heavy (non-hydrogen) atoms. The van der Waals surface area contributed by atoms with E-state index < -0.39 is 116 Å². The Morgan fingerprint density at radius 3 is 1.13 bits per heavy atom. The highest BCUT2D eigenvalue weighted by Crippen LogP contribution is 2.35. The normalized spacial score (nSPS) is 31.0. The molecule has 0 N–H and O–H groups in total. The molecule has 0 aromatic heterocycles. The van der Waals surface area contributed by atoms with E-state index in [0.717, 1.165) is 48.5 Å². The van der Waals surface area contributed by atoms with E-state index in [1.165, 1.54) is 7.11 Å². The van der Waals surface area contributed by atoms with Gasteiger partial charge in [0.05, 0.1) is 0 Å². The third-order valence-corrected chi connectivity index (χ3v) is 6.12. The van der Waals surface area contributed by atoms with Crippen LogP contribution in [0, 0.1) is 0 Å². The Kier molecular flexibility index (Phi) is 14.1. The molecule has 2 fully saturated rings. The summed E-state index contributed by atoms with van der Waals surface area (Å²) in [5.74, 6) is -5.71. The summed E-state index contributed by atoms with van der Waals surface area (Å²) in [6.07, 6.45) is -14.9. The lowest BCUT2D eigenvalue weighted by Crippen LogP contribution is -2.67. The summed E-state index contributed by atoms with van der Waals surface area (Å²) >= 11 is 0. The zero-order valence-corrected chi connectivity index (χ0v) is 26.0. The largest absolute Gasteiger partial charge is 0.463 e. The van der Waals surface area contributed by atoms with Gasteiger partial charge in [-0.15, -0.1) is 0 Å². The van der Waals surface area contributed by atoms with Crippen LogP contribution in [0.15, 0.2) is 0 Å². The average Bonchev–Trinajstić information content (AvgIpc) is 2.90. The van der Waals surface area contributed by atoms with Crippen LogP contribution in [0.2, 0.25) is 0 Å². The maximum atomic E-state index is 12.2. The van der Waals surface area contributed by atoms with Crippen molar-refractivity contribution in [1.82, 2.24) is 0 Å². The Hall–Kier alpha value is -3.87. The minimum absolute atomic E-state index is 0.448. The zero-order valence-electron chi connectivity index (χ0n) is 26.0. The van der Waals surface area contributed by atoms with Crippen molar-refractivity contribution in [3.63, 3.8) is 0 Å². The predicted octanol–water partition coefficient (Wildman–Crippen LogP) is -0.747. The van der Waals surface area contributed by atoms with Crippen LogP contribution in [-0.4, -0.2) is 124 Å². The standard InChI is InChI=1S/C27H38O18/c1-11(28)36-9-18-20(38-13(3)30)22(40-15(5)32)24(26(35-8)43-18)45-27-25(42-17(7)34)23(41-16(6)33)21(39-14(4)31)19(44-27)10-37-12(2)29/h18-27H,9-10H2,1-8H3/t18-,19-,20-,21-,22+,23+,24-,25-,26+,27-/m1/s1. The van der Waals surface area contributed by atoms with Gasteiger partial charge in [0.1, 0.15) is 25.4 Å². The van der Waals surface area contributed by atoms with Gasteiger partial charge in [0, 0.05) is 55.6 Å². The fourth-order valence-electron chi connectivity index (χ4n) is 4.66. The first-order valence-corrected chi connectivity index (χ1v) is 13.7. The minimum atomic E-state index is -1.74. The van der Waals surface area contributed by atoms with Gasteiger partial charge in [0.15, 0.2) is 49.2 Å². The van der Waals surface area contributed by atoms with Gasteiger partial charge in [-0.3, -0.25) is 33.6 Å². The Morgan fingerprint density at radius 2 is 0.778 bits per heavy atom. The first kappa shape index (κ1) is 37.3. The van der Waals surface area contributed by atoms with Crippen molar-refractivity contribution in [2.45, 2.75) is 110 Å². The number of esters is 7. The Balaban J connectivity index is 2.64. The number of methoxy groups -OCH3 is 1. The number of carbonyl (C=O) groups is 7. The van der Waals surface area contributed by atoms with Gasteiger partial charge < -0.3 is 52.1 Å². The van der Waals surface area contributed by atoms with E-state index in [0.29, 0.717) is 0 Å². The molecule has 0 aromatic carbocycles. The fourth-order valence-corrected chi connectivity index (χ4v) is 4.66. The molecule has 2 aliphatic rings. The number of hydrogen-bond acceptors (Lipinski definition) is 18. The minimum Gasteiger partial charge on any atom is -0.463 e. The smallest absolute Gasteiger partial charge is 0.303 e. The summed E-state index contributed by atoms with van der Waals surface area (Å²) in [4.78, 5) is 83.8. The van der Waals surface area contributed by atoms with Crippen LogP contribution in [0.4, 0.5) is 0 Å². The first-order valence-electron chi connectivity index (χ1n) is 13.7. The number of rotatable bonds is 12. The molecule has 2 rings (SSSR count). The van der Waals surface area contributed by atoms with Crippen molar-refractivity contribution >= 4 is 41.8 Å². The quantitative estimate of drug-likeness (QED) is 0.187. The van der Waals surface area contributed by atoms with Crippen molar-refractivity contribution < 1.29 is 85.7 Å². The molecule has 2 saturated heterocycles. The second-order valence-corrected chi connectivity index (χ2v) is 9.90. The monoisotopic (exact) mass is 650 g/mol. The summed E-state index contributed by atoms with van der Waals surface area (Å²) < 4.78 is 60.6. The van der Waals surface area contributed by atoms with E-state index in [-0.39, 0.29) is 0 Å². The van der Waals surface area contributed by atoms with Gasteiger partial charge in [-0.1, -0.05) is 0 Å². The van der Waals surface area contributed by atoms with Crippen LogP contribution < -0.4 is 0 Å². The molecule has 0 amide bonds. The predicted molar refractivity (Wildman–Crippen MR) is 140 cm³/mol. The lowest BCUT2D eigenvalue weighted by Gasteiger charge is -2.48. The van der Waals surface area contributed by atoms with E-state index in [4.69, 9.17) is 52.1 Å². The van der Waals surface area contributed by atoms with Crippen molar-refractivity contribution in [1.29, 1.82) is 0 Å². The summed E-state index contributed by atoms with van der Waals surface area (Å²) in [6.45, 7) is 6.53. The van der Waals surface area contributed by atoms with Gasteiger partial charge in [-0.2, -0.15) is 0 Å². The Morgan fingerprint density at radius 1 is 0.444 bits per heavy atom. The van der Waals surface area contributed by atoms with E-state index in [2.05, 4.69) is 0 Å². The summed E-state index contributed by atoms with van der Waals surface area (Å²) in [5.41, 5.74) is 0. The van der Waals surface area contributed by atoms with Gasteiger partial charge in [-0.05, 0) is 0 Å². The van der Waals surface area contributed by atoms with E-state index in [9.17, 15) is 33.6 Å². The molecule has 0 spiro atoms. The highest BCUT2D eigenvalue weighted by atomic mass is 16.8. The molecular formula is C27H38O18. The van der Waals surface area contributed by atoms with Gasteiger partial charge in [-0.25, -0.2) is 0 Å². The Bertz CT molecular complexity index is 1110. The lowest BCUT2D eigenvalue weighted by atomic mass is 9.96. The molecule has 2 heterocycles. The molecule has 0 aromatic rings. The van der Waals surface area contributed by atoms with Crippen molar-refractivity contribution in [3.8, 4) is 0 Å². The van der Waals surface area contributed by atoms with E-state index in [1.54, 1.807) is 0 Å². The maximum Gasteiger partial charge on any atom is 0.303 e. The third kappa shape index (κ3) is 11.2. The number of carbonyl (C=O) groups excluding carboxylic acids is 7. The van der Waals surface area contributed by atoms with Gasteiger partial charge in [0.2, 0.25) is 0 Å². The molecule has 18 heteroatoms. The molecule has 0 unspecified atom stereocenters. The molecule has 0 radical (unpaired) electrons. The van der Waals surface area contributed by atoms with Crippen molar-refractivity contribution in [2.75, 3.05) is 20.3 Å². The van der Waals surface area contributed by atoms with Crippen molar-refractivity contribution in [2.24, 2.45) is 0 Å². The zero-order chi connectivity index (χ0) is 34.0. The van der Waals surface area contributed by atoms with Crippen LogP contribution in [0.25, 0.3) is 0 Å². The molecule has 0 saturated carbocycles. The van der Waals surface area contributed by atoms with Crippen molar-refractivity contribution in [3.05, 3.63) is 0 Å². The fraction of sp³-hybridized carbons (Fsp3) is 0.741. The van der Waals surface area contributed by atoms with E-state index >= 15 is 0 Å². The summed E-state index contributed by atoms with van der Waals surface area (Å²) in [7, 11) is 1.20. The molecular weight excluding hydrogens is 612 g/mol. The van der Waals surface area contributed by atoms with Crippen LogP contribution in [-0.2, 0) is 85.7 Å². The van der Waals surface area contributed by atoms with Crippen LogP contribution in [0.1, 0.15) is 48.5 Å². The number of ether oxygens (including phenoxy) is 11. The SMILES string of the molecule is CO[C@H]1O[C@H](COC(C)=O)[C@@H](OC(C)=O)[C@H](OC(C)=O)[C@H]1O[C@H]1O[C@H](COC(C)=O)[C@@H](OC(C)=O)[C@H](OC(C)=O)[C@H]1OC(C)=O. The van der Waals surface area contributed by atoms with Crippen LogP contribution >= 0.6 is 0 Å². The summed E-state index contributed by atoms with van der Waals surface area (Å²) in [6, 6.07) is 0.